The highest BCUT2D eigenvalue weighted by Gasteiger charge is 2.49. The van der Waals surface area contributed by atoms with Crippen molar-refractivity contribution in [3.8, 4) is 68.6 Å². The largest absolute Gasteiger partial charge is 0.460 e. The Kier molecular flexibility index (Phi) is 12.4. The predicted octanol–water partition coefficient (Wildman–Crippen LogP) is 9.80. The molecule has 7 heterocycles. The molecule has 0 aliphatic carbocycles. The van der Waals surface area contributed by atoms with E-state index < -0.39 is 23.0 Å². The summed E-state index contributed by atoms with van der Waals surface area (Å²) in [6.07, 6.45) is 18.1. The Bertz CT molecular complexity index is 3380. The van der Waals surface area contributed by atoms with E-state index in [0.717, 1.165) is 0 Å². The molecule has 0 bridgehead atoms. The molecule has 27 nitrogen and oxygen atoms in total. The fraction of sp³-hybridized carbons (Fsp3) is 0. The number of nitrogens with zero attached hydrogens (tertiary/aromatic N) is 21. The molecular weight excluding hydrogens is 1060 g/mol. The molecule has 6 aromatic heterocycles. The van der Waals surface area contributed by atoms with E-state index in [1.54, 1.807) is 212 Å². The van der Waals surface area contributed by atoms with Crippen LogP contribution in [0.15, 0.2) is 235 Å². The highest BCUT2D eigenvalue weighted by atomic mass is 31.3. The van der Waals surface area contributed by atoms with Crippen molar-refractivity contribution in [2.75, 3.05) is 0 Å². The fourth-order valence-corrected chi connectivity index (χ4v) is 16.7. The molecule has 0 spiro atoms. The van der Waals surface area contributed by atoms with Crippen LogP contribution in [0.3, 0.4) is 0 Å². The number of aromatic nitrogens is 18. The van der Waals surface area contributed by atoms with Gasteiger partial charge in [-0.2, -0.15) is 30.6 Å². The van der Waals surface area contributed by atoms with Crippen LogP contribution in [0.4, 0.5) is 0 Å². The summed E-state index contributed by atoms with van der Waals surface area (Å²) in [6, 6.07) is 42.3. The molecule has 0 radical (unpaired) electrons. The van der Waals surface area contributed by atoms with Gasteiger partial charge in [-0.3, -0.25) is 0 Å². The van der Waals surface area contributed by atoms with E-state index in [0.29, 0.717) is 34.1 Å². The van der Waals surface area contributed by atoms with Crippen molar-refractivity contribution in [3.05, 3.63) is 222 Å². The Morgan fingerprint density at radius 3 is 0.500 bits per heavy atom. The van der Waals surface area contributed by atoms with Gasteiger partial charge in [0.25, 0.3) is 0 Å². The maximum atomic E-state index is 7.14. The van der Waals surface area contributed by atoms with Crippen molar-refractivity contribution in [2.24, 2.45) is 13.5 Å². The predicted molar refractivity (Wildman–Crippen MR) is 280 cm³/mol. The zero-order valence-electron chi connectivity index (χ0n) is 40.0. The molecule has 0 fully saturated rings. The van der Waals surface area contributed by atoms with Gasteiger partial charge < -0.3 is 27.1 Å². The van der Waals surface area contributed by atoms with E-state index in [9.17, 15) is 0 Å². The van der Waals surface area contributed by atoms with E-state index in [1.807, 2.05) is 0 Å². The average molecular weight is 1100 g/mol. The minimum atomic E-state index is -4.38. The van der Waals surface area contributed by atoms with E-state index in [1.165, 1.54) is 38.0 Å². The molecule has 0 atom stereocenters. The van der Waals surface area contributed by atoms with Gasteiger partial charge in [-0.1, -0.05) is 13.5 Å². The van der Waals surface area contributed by atoms with Crippen molar-refractivity contribution < 1.29 is 27.1 Å². The Morgan fingerprint density at radius 2 is 0.372 bits per heavy atom. The molecule has 30 heteroatoms. The first-order valence-corrected chi connectivity index (χ1v) is 27.8. The van der Waals surface area contributed by atoms with Gasteiger partial charge in [-0.25, -0.2) is 58.0 Å². The standard InChI is InChI=1S/C48H36N21O6P3/c1-13-43(14-2-37(1)64-31-49-25-55-64)70-76(71-44-15-3-38(4-16-44)65-32-50-26-56-65)61-77(72-45-17-5-39(6-18-45)66-33-51-27-57-66,73-46-19-7-40(8-20-46)67-34-52-28-58-67)63-78(62-76,74-47-21-9-41(10-22-47)68-35-53-29-59-68)75-48-23-11-42(12-24-48)69-36-54-30-60-69/h1-36H. The summed E-state index contributed by atoms with van der Waals surface area (Å²) in [6.45, 7) is 0. The maximum Gasteiger partial charge on any atom is 0.460 e. The normalized spacial score (nSPS) is 14.0. The van der Waals surface area contributed by atoms with Gasteiger partial charge in [0.15, 0.2) is 0 Å². The molecule has 78 heavy (non-hydrogen) atoms. The van der Waals surface area contributed by atoms with Crippen LogP contribution < -0.4 is 27.1 Å². The van der Waals surface area contributed by atoms with Gasteiger partial charge in [-0.05, 0) is 146 Å². The first kappa shape index (κ1) is 47.4. The second-order valence-electron chi connectivity index (χ2n) is 16.3. The Hall–Kier alpha value is -10.4. The Labute approximate surface area is 440 Å². The number of rotatable bonds is 18. The van der Waals surface area contributed by atoms with Gasteiger partial charge in [0.2, 0.25) is 0 Å². The second-order valence-corrected chi connectivity index (χ2v) is 22.5. The molecule has 0 N–H and O–H groups in total. The fourth-order valence-electron chi connectivity index (χ4n) is 7.59. The molecule has 0 saturated heterocycles. The third-order valence-corrected chi connectivity index (χ3v) is 19.3. The second kappa shape index (κ2) is 20.4. The maximum absolute atomic E-state index is 7.14. The highest BCUT2D eigenvalue weighted by Crippen LogP contribution is 2.78. The minimum absolute atomic E-state index is 0.278. The molecule has 0 amide bonds. The highest BCUT2D eigenvalue weighted by molar-refractivity contribution is 7.79. The van der Waals surface area contributed by atoms with Crippen LogP contribution in [-0.4, -0.2) is 88.6 Å². The molecule has 1 aliphatic heterocycles. The van der Waals surface area contributed by atoms with Crippen LogP contribution in [0.2, 0.25) is 0 Å². The molecule has 384 valence electrons. The molecule has 0 saturated carbocycles. The van der Waals surface area contributed by atoms with Crippen molar-refractivity contribution >= 4 is 23.0 Å². The van der Waals surface area contributed by atoms with E-state index in [-0.39, 0.29) is 34.5 Å². The summed E-state index contributed by atoms with van der Waals surface area (Å²) in [5, 5.41) is 25.8. The SMILES string of the molecule is c1ncn(-c2ccc(OP3(Oc4ccc(-n5cncn5)cc4)=NP(Oc4ccc(-n5cncn5)cc4)(Oc4ccc(-n5cncn5)cc4)=NP(Oc4ccc(-n5cncn5)cc4)(Oc4ccc(-n5cncn5)cc4)=N3)cc2)n1. The van der Waals surface area contributed by atoms with Crippen LogP contribution in [-0.2, 0) is 0 Å². The summed E-state index contributed by atoms with van der Waals surface area (Å²) in [7, 11) is -13.1. The molecule has 13 rings (SSSR count). The van der Waals surface area contributed by atoms with Crippen LogP contribution in [0.1, 0.15) is 0 Å². The van der Waals surface area contributed by atoms with Crippen LogP contribution in [0.5, 0.6) is 34.5 Å². The van der Waals surface area contributed by atoms with E-state index >= 15 is 0 Å². The lowest BCUT2D eigenvalue weighted by Crippen LogP contribution is -2.11. The summed E-state index contributed by atoms with van der Waals surface area (Å²) < 4.78 is 68.7. The van der Waals surface area contributed by atoms with Crippen molar-refractivity contribution in [3.63, 3.8) is 0 Å². The van der Waals surface area contributed by atoms with Gasteiger partial charge >= 0.3 is 23.0 Å². The molecular formula is C48H36N21O6P3. The van der Waals surface area contributed by atoms with Crippen LogP contribution >= 0.6 is 23.0 Å². The Morgan fingerprint density at radius 1 is 0.218 bits per heavy atom. The average Bonchev–Trinajstić information content (AvgIpc) is 4.39. The smallest absolute Gasteiger partial charge is 0.413 e. The third kappa shape index (κ3) is 10.2. The first-order valence-electron chi connectivity index (χ1n) is 23.2. The van der Waals surface area contributed by atoms with Gasteiger partial charge in [0.05, 0.1) is 34.1 Å². The van der Waals surface area contributed by atoms with Gasteiger partial charge in [-0.15, -0.1) is 0 Å². The van der Waals surface area contributed by atoms with Crippen molar-refractivity contribution in [1.29, 1.82) is 0 Å². The van der Waals surface area contributed by atoms with Gasteiger partial charge in [0, 0.05) is 0 Å². The Balaban J connectivity index is 1.05. The summed E-state index contributed by atoms with van der Waals surface area (Å²) in [5.74, 6) is 1.67. The minimum Gasteiger partial charge on any atom is -0.413 e. The summed E-state index contributed by atoms with van der Waals surface area (Å²) in [4.78, 5) is 24.7. The lowest BCUT2D eigenvalue weighted by molar-refractivity contribution is 0.443. The topological polar surface area (TPSA) is 277 Å². The van der Waals surface area contributed by atoms with E-state index in [2.05, 4.69) is 60.5 Å². The van der Waals surface area contributed by atoms with Crippen LogP contribution in [0.25, 0.3) is 34.1 Å². The molecule has 6 aromatic carbocycles. The van der Waals surface area contributed by atoms with Crippen molar-refractivity contribution in [2.45, 2.75) is 0 Å². The lowest BCUT2D eigenvalue weighted by atomic mass is 10.3. The lowest BCUT2D eigenvalue weighted by Gasteiger charge is -2.33. The zero-order chi connectivity index (χ0) is 52.2. The summed E-state index contributed by atoms with van der Waals surface area (Å²) in [5.41, 5.74) is 4.16. The van der Waals surface area contributed by atoms with Crippen molar-refractivity contribution in [1.82, 2.24) is 88.6 Å². The molecule has 1 aliphatic rings. The number of benzene rings is 6. The van der Waals surface area contributed by atoms with E-state index in [4.69, 9.17) is 40.7 Å². The quantitative estimate of drug-likeness (QED) is 0.0722. The number of hydrogen-bond donors (Lipinski definition) is 0. The molecule has 0 unspecified atom stereocenters. The first-order chi connectivity index (χ1) is 38.4. The zero-order valence-corrected chi connectivity index (χ0v) is 42.7. The number of hydrogen-bond acceptors (Lipinski definition) is 21. The van der Waals surface area contributed by atoms with Crippen LogP contribution in [0, 0.1) is 0 Å². The third-order valence-electron chi connectivity index (χ3n) is 11.1. The molecule has 12 aromatic rings. The monoisotopic (exact) mass is 1100 g/mol. The van der Waals surface area contributed by atoms with Gasteiger partial charge in [0.1, 0.15) is 110 Å². The summed E-state index contributed by atoms with van der Waals surface area (Å²) >= 11 is 0.